The van der Waals surface area contributed by atoms with Crippen molar-refractivity contribution in [3.8, 4) is 0 Å². The van der Waals surface area contributed by atoms with Gasteiger partial charge in [0.05, 0.1) is 0 Å². The Bertz CT molecular complexity index is 719. The summed E-state index contributed by atoms with van der Waals surface area (Å²) in [6, 6.07) is 21.0. The molecule has 2 aromatic carbocycles. The minimum Gasteiger partial charge on any atom is -0.343 e. The highest BCUT2D eigenvalue weighted by Gasteiger charge is 2.30. The molecule has 2 aromatic rings. The highest BCUT2D eigenvalue weighted by atomic mass is 16.2. The van der Waals surface area contributed by atoms with Crippen LogP contribution in [0.5, 0.6) is 0 Å². The predicted molar refractivity (Wildman–Crippen MR) is 110 cm³/mol. The van der Waals surface area contributed by atoms with Gasteiger partial charge in [0.15, 0.2) is 0 Å². The molecule has 4 nitrogen and oxygen atoms in total. The average Bonchev–Trinajstić information content (AvgIpc) is 2.70. The monoisotopic (exact) mass is 365 g/mol. The van der Waals surface area contributed by atoms with Gasteiger partial charge in [-0.15, -0.1) is 0 Å². The molecule has 1 amide bonds. The third kappa shape index (κ3) is 5.18. The number of amides is 1. The van der Waals surface area contributed by atoms with Crippen LogP contribution in [0.4, 0.5) is 0 Å². The molecule has 3 atom stereocenters. The number of nitrogens with two attached hydrogens (primary N) is 1. The number of benzene rings is 2. The Hall–Kier alpha value is -2.17. The maximum absolute atomic E-state index is 12.7. The molecule has 1 aliphatic rings. The van der Waals surface area contributed by atoms with E-state index in [-0.39, 0.29) is 11.9 Å². The largest absolute Gasteiger partial charge is 0.343 e. The van der Waals surface area contributed by atoms with Crippen LogP contribution >= 0.6 is 0 Å². The van der Waals surface area contributed by atoms with Crippen LogP contribution in [-0.4, -0.2) is 41.4 Å². The molecule has 0 aliphatic carbocycles. The Morgan fingerprint density at radius 3 is 2.41 bits per heavy atom. The zero-order chi connectivity index (χ0) is 19.2. The van der Waals surface area contributed by atoms with E-state index in [1.54, 1.807) is 0 Å². The summed E-state index contributed by atoms with van der Waals surface area (Å²) in [5.41, 5.74) is 8.61. The van der Waals surface area contributed by atoms with Gasteiger partial charge in [0, 0.05) is 44.7 Å². The quantitative estimate of drug-likeness (QED) is 0.851. The van der Waals surface area contributed by atoms with Gasteiger partial charge < -0.3 is 10.6 Å². The fourth-order valence-corrected chi connectivity index (χ4v) is 3.95. The van der Waals surface area contributed by atoms with Crippen molar-refractivity contribution in [3.05, 3.63) is 71.8 Å². The summed E-state index contributed by atoms with van der Waals surface area (Å²) in [5.74, 6) is 0.139. The van der Waals surface area contributed by atoms with E-state index in [0.29, 0.717) is 18.5 Å². The average molecular weight is 366 g/mol. The molecular weight excluding hydrogens is 334 g/mol. The van der Waals surface area contributed by atoms with Crippen LogP contribution in [0.15, 0.2) is 60.7 Å². The molecule has 2 N–H and O–H groups in total. The zero-order valence-corrected chi connectivity index (χ0v) is 16.4. The normalized spacial score (nSPS) is 21.6. The summed E-state index contributed by atoms with van der Waals surface area (Å²) in [6.07, 6.45) is 2.38. The Balaban J connectivity index is 1.52. The Morgan fingerprint density at radius 2 is 1.78 bits per heavy atom. The van der Waals surface area contributed by atoms with Crippen molar-refractivity contribution in [2.24, 2.45) is 5.73 Å². The van der Waals surface area contributed by atoms with Crippen LogP contribution in [0.2, 0.25) is 0 Å². The number of piperidine rings is 1. The molecule has 1 heterocycles. The number of carbonyl (C=O) groups excluding carboxylic acids is 1. The van der Waals surface area contributed by atoms with E-state index in [4.69, 9.17) is 5.73 Å². The second-order valence-electron chi connectivity index (χ2n) is 7.71. The van der Waals surface area contributed by atoms with E-state index in [1.807, 2.05) is 42.3 Å². The van der Waals surface area contributed by atoms with Gasteiger partial charge in [-0.25, -0.2) is 0 Å². The lowest BCUT2D eigenvalue weighted by molar-refractivity contribution is -0.133. The molecule has 144 valence electrons. The van der Waals surface area contributed by atoms with Gasteiger partial charge in [0.25, 0.3) is 0 Å². The van der Waals surface area contributed by atoms with E-state index in [9.17, 15) is 4.79 Å². The number of hydrogen-bond acceptors (Lipinski definition) is 3. The standard InChI is InChI=1S/C23H31N3O/c1-18-15-21(13-14-26(18)17-19-9-5-3-6-10-19)25(2)23(27)16-22(24)20-11-7-4-8-12-20/h3-12,18,21-22H,13-17,24H2,1-2H3/t18-,21+,22+/m1/s1. The molecule has 3 rings (SSSR count). The summed E-state index contributed by atoms with van der Waals surface area (Å²) in [6.45, 7) is 4.26. The summed E-state index contributed by atoms with van der Waals surface area (Å²) in [5, 5.41) is 0. The van der Waals surface area contributed by atoms with Gasteiger partial charge in [-0.3, -0.25) is 9.69 Å². The third-order valence-electron chi connectivity index (χ3n) is 5.78. The first-order valence-electron chi connectivity index (χ1n) is 9.88. The molecule has 1 aliphatic heterocycles. The number of nitrogens with zero attached hydrogens (tertiary/aromatic N) is 2. The molecule has 0 saturated carbocycles. The second-order valence-corrected chi connectivity index (χ2v) is 7.71. The first kappa shape index (κ1) is 19.6. The minimum atomic E-state index is -0.239. The summed E-state index contributed by atoms with van der Waals surface area (Å²) >= 11 is 0. The smallest absolute Gasteiger partial charge is 0.224 e. The first-order valence-corrected chi connectivity index (χ1v) is 9.88. The van der Waals surface area contributed by atoms with E-state index in [1.165, 1.54) is 5.56 Å². The summed E-state index contributed by atoms with van der Waals surface area (Å²) < 4.78 is 0. The molecule has 0 aromatic heterocycles. The van der Waals surface area contributed by atoms with Crippen LogP contribution in [0.25, 0.3) is 0 Å². The maximum Gasteiger partial charge on any atom is 0.224 e. The Morgan fingerprint density at radius 1 is 1.15 bits per heavy atom. The molecule has 1 saturated heterocycles. The van der Waals surface area contributed by atoms with Crippen molar-refractivity contribution < 1.29 is 4.79 Å². The molecule has 4 heteroatoms. The molecule has 27 heavy (non-hydrogen) atoms. The van der Waals surface area contributed by atoms with Gasteiger partial charge in [0.1, 0.15) is 0 Å². The van der Waals surface area contributed by atoms with Crippen molar-refractivity contribution in [1.29, 1.82) is 0 Å². The van der Waals surface area contributed by atoms with Crippen LogP contribution < -0.4 is 5.73 Å². The van der Waals surface area contributed by atoms with Crippen LogP contribution in [0, 0.1) is 0 Å². The fourth-order valence-electron chi connectivity index (χ4n) is 3.95. The Kier molecular flexibility index (Phi) is 6.64. The van der Waals surface area contributed by atoms with Crippen molar-refractivity contribution in [2.45, 2.75) is 50.9 Å². The molecule has 1 fully saturated rings. The van der Waals surface area contributed by atoms with Gasteiger partial charge in [-0.1, -0.05) is 60.7 Å². The SMILES string of the molecule is C[C@@H]1C[C@@H](N(C)C(=O)C[C@H](N)c2ccccc2)CCN1Cc1ccccc1. The van der Waals surface area contributed by atoms with E-state index in [0.717, 1.165) is 31.5 Å². The summed E-state index contributed by atoms with van der Waals surface area (Å²) in [7, 11) is 1.93. The number of likely N-dealkylation sites (tertiary alicyclic amines) is 1. The highest BCUT2D eigenvalue weighted by molar-refractivity contribution is 5.77. The second kappa shape index (κ2) is 9.16. The first-order chi connectivity index (χ1) is 13.0. The van der Waals surface area contributed by atoms with Crippen molar-refractivity contribution >= 4 is 5.91 Å². The van der Waals surface area contributed by atoms with E-state index in [2.05, 4.69) is 42.2 Å². The van der Waals surface area contributed by atoms with Gasteiger partial charge in [0.2, 0.25) is 5.91 Å². The van der Waals surface area contributed by atoms with E-state index >= 15 is 0 Å². The highest BCUT2D eigenvalue weighted by Crippen LogP contribution is 2.24. The predicted octanol–water partition coefficient (Wildman–Crippen LogP) is 3.59. The minimum absolute atomic E-state index is 0.139. The van der Waals surface area contributed by atoms with Gasteiger partial charge in [-0.2, -0.15) is 0 Å². The van der Waals surface area contributed by atoms with Crippen LogP contribution in [-0.2, 0) is 11.3 Å². The number of carbonyl (C=O) groups is 1. The molecule has 0 radical (unpaired) electrons. The topological polar surface area (TPSA) is 49.6 Å². The van der Waals surface area contributed by atoms with Crippen molar-refractivity contribution in [2.75, 3.05) is 13.6 Å². The summed E-state index contributed by atoms with van der Waals surface area (Å²) in [4.78, 5) is 17.2. The molecular formula is C23H31N3O. The third-order valence-corrected chi connectivity index (χ3v) is 5.78. The van der Waals surface area contributed by atoms with Gasteiger partial charge >= 0.3 is 0 Å². The van der Waals surface area contributed by atoms with Gasteiger partial charge in [-0.05, 0) is 30.9 Å². The fraction of sp³-hybridized carbons (Fsp3) is 0.435. The molecule has 0 unspecified atom stereocenters. The van der Waals surface area contributed by atoms with Crippen LogP contribution in [0.3, 0.4) is 0 Å². The lowest BCUT2D eigenvalue weighted by Crippen LogP contribution is -2.49. The van der Waals surface area contributed by atoms with Crippen molar-refractivity contribution in [1.82, 2.24) is 9.80 Å². The zero-order valence-electron chi connectivity index (χ0n) is 16.4. The number of rotatable bonds is 6. The van der Waals surface area contributed by atoms with E-state index < -0.39 is 0 Å². The lowest BCUT2D eigenvalue weighted by Gasteiger charge is -2.41. The number of hydrogen-bond donors (Lipinski definition) is 1. The van der Waals surface area contributed by atoms with Crippen LogP contribution in [0.1, 0.15) is 43.4 Å². The van der Waals surface area contributed by atoms with Crippen molar-refractivity contribution in [3.63, 3.8) is 0 Å². The molecule has 0 spiro atoms. The molecule has 0 bridgehead atoms. The lowest BCUT2D eigenvalue weighted by atomic mass is 9.95. The Labute approximate surface area is 163 Å². The maximum atomic E-state index is 12.7.